The van der Waals surface area contributed by atoms with E-state index >= 15 is 0 Å². The Morgan fingerprint density at radius 2 is 2.05 bits per heavy atom. The van der Waals surface area contributed by atoms with Gasteiger partial charge in [0.15, 0.2) is 0 Å². The summed E-state index contributed by atoms with van der Waals surface area (Å²) in [6, 6.07) is 7.63. The predicted octanol–water partition coefficient (Wildman–Crippen LogP) is 1.37. The van der Waals surface area contributed by atoms with E-state index in [1.807, 2.05) is 25.8 Å². The lowest BCUT2D eigenvalue weighted by atomic mass is 10.1. The molecule has 3 amide bonds. The SMILES string of the molecule is Cc1ccc(CN(C)[C@@H](C)C(=O)N2CCNC2=O)cc1. The van der Waals surface area contributed by atoms with Gasteiger partial charge in [0.2, 0.25) is 5.91 Å². The minimum Gasteiger partial charge on any atom is -0.336 e. The van der Waals surface area contributed by atoms with Gasteiger partial charge < -0.3 is 5.32 Å². The molecule has 20 heavy (non-hydrogen) atoms. The van der Waals surface area contributed by atoms with Gasteiger partial charge in [0.1, 0.15) is 0 Å². The van der Waals surface area contributed by atoms with Crippen LogP contribution < -0.4 is 5.32 Å². The molecule has 0 saturated carbocycles. The van der Waals surface area contributed by atoms with Gasteiger partial charge in [0, 0.05) is 19.6 Å². The number of rotatable bonds is 4. The van der Waals surface area contributed by atoms with Crippen LogP contribution in [-0.4, -0.2) is 47.9 Å². The van der Waals surface area contributed by atoms with Crippen molar-refractivity contribution < 1.29 is 9.59 Å². The summed E-state index contributed by atoms with van der Waals surface area (Å²) in [5, 5.41) is 2.65. The fourth-order valence-electron chi connectivity index (χ4n) is 2.21. The summed E-state index contributed by atoms with van der Waals surface area (Å²) in [4.78, 5) is 27.0. The van der Waals surface area contributed by atoms with E-state index in [1.165, 1.54) is 10.5 Å². The maximum atomic E-state index is 12.3. The summed E-state index contributed by atoms with van der Waals surface area (Å²) in [5.41, 5.74) is 2.37. The van der Waals surface area contributed by atoms with Gasteiger partial charge in [0.25, 0.3) is 0 Å². The smallest absolute Gasteiger partial charge is 0.324 e. The van der Waals surface area contributed by atoms with Gasteiger partial charge >= 0.3 is 6.03 Å². The van der Waals surface area contributed by atoms with Crippen molar-refractivity contribution >= 4 is 11.9 Å². The molecule has 1 fully saturated rings. The second-order valence-electron chi connectivity index (χ2n) is 5.30. The zero-order valence-corrected chi connectivity index (χ0v) is 12.2. The summed E-state index contributed by atoms with van der Waals surface area (Å²) in [6.45, 7) is 5.57. The van der Waals surface area contributed by atoms with Crippen LogP contribution in [0.15, 0.2) is 24.3 Å². The first-order valence-electron chi connectivity index (χ1n) is 6.84. The standard InChI is InChI=1S/C15H21N3O2/c1-11-4-6-13(7-5-11)10-17(3)12(2)14(19)18-9-8-16-15(18)20/h4-7,12H,8-10H2,1-3H3,(H,16,20)/t12-/m0/s1. The molecule has 0 bridgehead atoms. The molecule has 0 unspecified atom stereocenters. The van der Waals surface area contributed by atoms with Gasteiger partial charge in [0.05, 0.1) is 6.04 Å². The van der Waals surface area contributed by atoms with Crippen LogP contribution in [0.1, 0.15) is 18.1 Å². The van der Waals surface area contributed by atoms with Crippen LogP contribution in [0.2, 0.25) is 0 Å². The first-order chi connectivity index (χ1) is 9.49. The molecule has 1 aliphatic heterocycles. The maximum absolute atomic E-state index is 12.3. The van der Waals surface area contributed by atoms with Crippen LogP contribution in [-0.2, 0) is 11.3 Å². The van der Waals surface area contributed by atoms with Crippen LogP contribution in [0.5, 0.6) is 0 Å². The fourth-order valence-corrected chi connectivity index (χ4v) is 2.21. The largest absolute Gasteiger partial charge is 0.336 e. The third kappa shape index (κ3) is 3.17. The number of benzene rings is 1. The molecule has 0 aromatic heterocycles. The molecule has 1 aromatic rings. The molecule has 5 heteroatoms. The molecule has 1 N–H and O–H groups in total. The minimum absolute atomic E-state index is 0.144. The first-order valence-corrected chi connectivity index (χ1v) is 6.84. The van der Waals surface area contributed by atoms with Crippen molar-refractivity contribution in [2.45, 2.75) is 26.4 Å². The molecular formula is C15H21N3O2. The quantitative estimate of drug-likeness (QED) is 0.903. The summed E-state index contributed by atoms with van der Waals surface area (Å²) in [5.74, 6) is -0.144. The van der Waals surface area contributed by atoms with E-state index in [2.05, 4.69) is 29.6 Å². The van der Waals surface area contributed by atoms with Gasteiger partial charge in [-0.05, 0) is 26.5 Å². The predicted molar refractivity (Wildman–Crippen MR) is 77.2 cm³/mol. The highest BCUT2D eigenvalue weighted by Gasteiger charge is 2.31. The van der Waals surface area contributed by atoms with Crippen molar-refractivity contribution in [2.24, 2.45) is 0 Å². The van der Waals surface area contributed by atoms with Gasteiger partial charge in [-0.25, -0.2) is 4.79 Å². The molecule has 1 atom stereocenters. The lowest BCUT2D eigenvalue weighted by Gasteiger charge is -2.26. The normalized spacial score (nSPS) is 16.4. The number of imide groups is 1. The monoisotopic (exact) mass is 275 g/mol. The second kappa shape index (κ2) is 6.05. The van der Waals surface area contributed by atoms with Crippen molar-refractivity contribution in [1.82, 2.24) is 15.1 Å². The van der Waals surface area contributed by atoms with Crippen LogP contribution >= 0.6 is 0 Å². The fraction of sp³-hybridized carbons (Fsp3) is 0.467. The van der Waals surface area contributed by atoms with Crippen LogP contribution in [0.4, 0.5) is 4.79 Å². The van der Waals surface area contributed by atoms with Crippen molar-refractivity contribution in [2.75, 3.05) is 20.1 Å². The number of hydrogen-bond donors (Lipinski definition) is 1. The van der Waals surface area contributed by atoms with E-state index < -0.39 is 0 Å². The van der Waals surface area contributed by atoms with Crippen molar-refractivity contribution in [1.29, 1.82) is 0 Å². The number of aryl methyl sites for hydroxylation is 1. The summed E-state index contributed by atoms with van der Waals surface area (Å²) < 4.78 is 0. The van der Waals surface area contributed by atoms with Crippen molar-refractivity contribution in [3.05, 3.63) is 35.4 Å². The number of carbonyl (C=O) groups is 2. The zero-order valence-electron chi connectivity index (χ0n) is 12.2. The molecule has 2 rings (SSSR count). The highest BCUT2D eigenvalue weighted by Crippen LogP contribution is 2.11. The number of carbonyl (C=O) groups excluding carboxylic acids is 2. The van der Waals surface area contributed by atoms with Gasteiger partial charge in [-0.2, -0.15) is 0 Å². The van der Waals surface area contributed by atoms with E-state index in [4.69, 9.17) is 0 Å². The number of nitrogens with one attached hydrogen (secondary N) is 1. The lowest BCUT2D eigenvalue weighted by Crippen LogP contribution is -2.46. The minimum atomic E-state index is -0.319. The topological polar surface area (TPSA) is 52.7 Å². The van der Waals surface area contributed by atoms with E-state index in [9.17, 15) is 9.59 Å². The molecule has 0 aliphatic carbocycles. The van der Waals surface area contributed by atoms with E-state index in [-0.39, 0.29) is 18.0 Å². The Kier molecular flexibility index (Phi) is 4.39. The van der Waals surface area contributed by atoms with E-state index in [0.29, 0.717) is 19.6 Å². The molecule has 0 spiro atoms. The Morgan fingerprint density at radius 1 is 1.40 bits per heavy atom. The van der Waals surface area contributed by atoms with Gasteiger partial charge in [-0.15, -0.1) is 0 Å². The average molecular weight is 275 g/mol. The molecule has 1 aromatic carbocycles. The molecule has 1 aliphatic rings. The molecular weight excluding hydrogens is 254 g/mol. The summed E-state index contributed by atoms with van der Waals surface area (Å²) in [6.07, 6.45) is 0. The molecule has 1 saturated heterocycles. The first kappa shape index (κ1) is 14.5. The van der Waals surface area contributed by atoms with Crippen molar-refractivity contribution in [3.8, 4) is 0 Å². The van der Waals surface area contributed by atoms with Crippen LogP contribution in [0.3, 0.4) is 0 Å². The Morgan fingerprint density at radius 3 is 2.60 bits per heavy atom. The second-order valence-corrected chi connectivity index (χ2v) is 5.30. The van der Waals surface area contributed by atoms with Gasteiger partial charge in [-0.1, -0.05) is 29.8 Å². The number of amides is 3. The number of urea groups is 1. The van der Waals surface area contributed by atoms with E-state index in [0.717, 1.165) is 5.56 Å². The van der Waals surface area contributed by atoms with Crippen molar-refractivity contribution in [3.63, 3.8) is 0 Å². The molecule has 0 radical (unpaired) electrons. The van der Waals surface area contributed by atoms with Gasteiger partial charge in [-0.3, -0.25) is 14.6 Å². The highest BCUT2D eigenvalue weighted by molar-refractivity contribution is 5.98. The van der Waals surface area contributed by atoms with Crippen LogP contribution in [0, 0.1) is 6.92 Å². The van der Waals surface area contributed by atoms with Crippen LogP contribution in [0.25, 0.3) is 0 Å². The summed E-state index contributed by atoms with van der Waals surface area (Å²) in [7, 11) is 1.90. The third-order valence-corrected chi connectivity index (χ3v) is 3.69. The zero-order chi connectivity index (χ0) is 14.7. The Hall–Kier alpha value is -1.88. The lowest BCUT2D eigenvalue weighted by molar-refractivity contribution is -0.132. The Labute approximate surface area is 119 Å². The molecule has 108 valence electrons. The Bertz CT molecular complexity index is 498. The Balaban J connectivity index is 1.97. The number of hydrogen-bond acceptors (Lipinski definition) is 3. The highest BCUT2D eigenvalue weighted by atomic mass is 16.2. The molecule has 5 nitrogen and oxygen atoms in total. The maximum Gasteiger partial charge on any atom is 0.324 e. The third-order valence-electron chi connectivity index (χ3n) is 3.69. The summed E-state index contributed by atoms with van der Waals surface area (Å²) >= 11 is 0. The number of nitrogens with zero attached hydrogens (tertiary/aromatic N) is 2. The van der Waals surface area contributed by atoms with E-state index in [1.54, 1.807) is 0 Å². The molecule has 1 heterocycles. The average Bonchev–Trinajstić information content (AvgIpc) is 2.86. The number of likely N-dealkylation sites (N-methyl/N-ethyl adjacent to an activating group) is 1.